The second kappa shape index (κ2) is 3.89. The van der Waals surface area contributed by atoms with Crippen LogP contribution in [0.5, 0.6) is 0 Å². The SMILES string of the molecule is C#CC(NC)c1cnccc1C. The van der Waals surface area contributed by atoms with Crippen LogP contribution in [-0.4, -0.2) is 12.0 Å². The molecule has 1 atom stereocenters. The van der Waals surface area contributed by atoms with Crippen molar-refractivity contribution in [1.82, 2.24) is 10.3 Å². The Labute approximate surface area is 73.0 Å². The van der Waals surface area contributed by atoms with E-state index in [1.165, 1.54) is 5.56 Å². The molecule has 0 aliphatic carbocycles. The Morgan fingerprint density at radius 1 is 1.67 bits per heavy atom. The van der Waals surface area contributed by atoms with Gasteiger partial charge < -0.3 is 5.32 Å². The number of nitrogens with zero attached hydrogens (tertiary/aromatic N) is 1. The third-order valence-corrected chi connectivity index (χ3v) is 1.85. The van der Waals surface area contributed by atoms with Crippen LogP contribution < -0.4 is 5.32 Å². The molecular formula is C10H12N2. The maximum absolute atomic E-state index is 5.34. The molecular weight excluding hydrogens is 148 g/mol. The van der Waals surface area contributed by atoms with E-state index < -0.39 is 0 Å². The van der Waals surface area contributed by atoms with Gasteiger partial charge in [-0.1, -0.05) is 5.92 Å². The molecule has 1 N–H and O–H groups in total. The van der Waals surface area contributed by atoms with E-state index in [0.29, 0.717) is 0 Å². The average molecular weight is 160 g/mol. The first-order valence-corrected chi connectivity index (χ1v) is 3.83. The van der Waals surface area contributed by atoms with Gasteiger partial charge in [-0.15, -0.1) is 6.42 Å². The highest BCUT2D eigenvalue weighted by molar-refractivity contribution is 5.30. The summed E-state index contributed by atoms with van der Waals surface area (Å²) in [5, 5.41) is 3.03. The van der Waals surface area contributed by atoms with Gasteiger partial charge in [0.2, 0.25) is 0 Å². The summed E-state index contributed by atoms with van der Waals surface area (Å²) < 4.78 is 0. The smallest absolute Gasteiger partial charge is 0.0958 e. The van der Waals surface area contributed by atoms with E-state index in [9.17, 15) is 0 Å². The summed E-state index contributed by atoms with van der Waals surface area (Å²) in [6.07, 6.45) is 8.91. The van der Waals surface area contributed by atoms with Gasteiger partial charge in [-0.2, -0.15) is 0 Å². The van der Waals surface area contributed by atoms with Crippen molar-refractivity contribution in [3.8, 4) is 12.3 Å². The van der Waals surface area contributed by atoms with E-state index >= 15 is 0 Å². The zero-order valence-electron chi connectivity index (χ0n) is 7.33. The topological polar surface area (TPSA) is 24.9 Å². The summed E-state index contributed by atoms with van der Waals surface area (Å²) in [4.78, 5) is 4.03. The number of aromatic nitrogens is 1. The van der Waals surface area contributed by atoms with Crippen molar-refractivity contribution < 1.29 is 0 Å². The van der Waals surface area contributed by atoms with Crippen LogP contribution in [0.1, 0.15) is 17.2 Å². The molecule has 1 aromatic rings. The van der Waals surface area contributed by atoms with Crippen molar-refractivity contribution in [2.24, 2.45) is 0 Å². The van der Waals surface area contributed by atoms with Gasteiger partial charge in [-0.3, -0.25) is 4.98 Å². The number of nitrogens with one attached hydrogen (secondary N) is 1. The van der Waals surface area contributed by atoms with Crippen molar-refractivity contribution in [2.75, 3.05) is 7.05 Å². The van der Waals surface area contributed by atoms with Gasteiger partial charge in [0.1, 0.15) is 0 Å². The van der Waals surface area contributed by atoms with Gasteiger partial charge >= 0.3 is 0 Å². The Bertz CT molecular complexity index is 299. The van der Waals surface area contributed by atoms with Gasteiger partial charge in [0.25, 0.3) is 0 Å². The quantitative estimate of drug-likeness (QED) is 0.659. The van der Waals surface area contributed by atoms with Crippen LogP contribution in [0.4, 0.5) is 0 Å². The van der Waals surface area contributed by atoms with Crippen molar-refractivity contribution in [3.05, 3.63) is 29.6 Å². The Hall–Kier alpha value is -1.33. The van der Waals surface area contributed by atoms with E-state index in [2.05, 4.69) is 16.2 Å². The zero-order valence-corrected chi connectivity index (χ0v) is 7.33. The summed E-state index contributed by atoms with van der Waals surface area (Å²) in [7, 11) is 1.84. The molecule has 0 saturated heterocycles. The van der Waals surface area contributed by atoms with E-state index in [-0.39, 0.29) is 6.04 Å². The first kappa shape index (κ1) is 8.76. The Morgan fingerprint density at radius 3 is 2.92 bits per heavy atom. The Balaban J connectivity index is 3.02. The highest BCUT2D eigenvalue weighted by atomic mass is 14.9. The van der Waals surface area contributed by atoms with Gasteiger partial charge in [-0.05, 0) is 25.6 Å². The molecule has 0 amide bonds. The zero-order chi connectivity index (χ0) is 8.97. The summed E-state index contributed by atoms with van der Waals surface area (Å²) in [6.45, 7) is 2.03. The average Bonchev–Trinajstić information content (AvgIpc) is 2.10. The van der Waals surface area contributed by atoms with Gasteiger partial charge in [0.05, 0.1) is 6.04 Å². The van der Waals surface area contributed by atoms with E-state index in [0.717, 1.165) is 5.56 Å². The molecule has 1 heterocycles. The molecule has 1 rings (SSSR count). The van der Waals surface area contributed by atoms with Crippen LogP contribution in [-0.2, 0) is 0 Å². The molecule has 62 valence electrons. The monoisotopic (exact) mass is 160 g/mol. The normalized spacial score (nSPS) is 12.1. The largest absolute Gasteiger partial charge is 0.303 e. The number of terminal acetylenes is 1. The molecule has 2 heteroatoms. The molecule has 2 nitrogen and oxygen atoms in total. The Kier molecular flexibility index (Phi) is 2.84. The number of aryl methyl sites for hydroxylation is 1. The van der Waals surface area contributed by atoms with Crippen LogP contribution in [0.2, 0.25) is 0 Å². The van der Waals surface area contributed by atoms with E-state index in [1.807, 2.05) is 20.0 Å². The van der Waals surface area contributed by atoms with Crippen molar-refractivity contribution in [2.45, 2.75) is 13.0 Å². The van der Waals surface area contributed by atoms with Crippen LogP contribution in [0.25, 0.3) is 0 Å². The van der Waals surface area contributed by atoms with Crippen molar-refractivity contribution in [1.29, 1.82) is 0 Å². The number of rotatable bonds is 2. The molecule has 0 radical (unpaired) electrons. The van der Waals surface area contributed by atoms with Crippen LogP contribution in [0.3, 0.4) is 0 Å². The number of hydrogen-bond donors (Lipinski definition) is 1. The molecule has 0 bridgehead atoms. The minimum atomic E-state index is -0.0290. The van der Waals surface area contributed by atoms with Crippen molar-refractivity contribution >= 4 is 0 Å². The molecule has 0 aromatic carbocycles. The summed E-state index contributed by atoms with van der Waals surface area (Å²) in [6, 6.07) is 1.93. The fourth-order valence-electron chi connectivity index (χ4n) is 1.11. The number of pyridine rings is 1. The fraction of sp³-hybridized carbons (Fsp3) is 0.300. The summed E-state index contributed by atoms with van der Waals surface area (Å²) >= 11 is 0. The molecule has 0 spiro atoms. The standard InChI is InChI=1S/C10H12N2/c1-4-10(11-3)9-7-12-6-5-8(9)2/h1,5-7,10-11H,2-3H3. The van der Waals surface area contributed by atoms with Crippen LogP contribution >= 0.6 is 0 Å². The predicted octanol–water partition coefficient (Wildman–Crippen LogP) is 1.28. The maximum Gasteiger partial charge on any atom is 0.0958 e. The minimum Gasteiger partial charge on any atom is -0.303 e. The minimum absolute atomic E-state index is 0.0290. The van der Waals surface area contributed by atoms with E-state index in [4.69, 9.17) is 6.42 Å². The maximum atomic E-state index is 5.34. The summed E-state index contributed by atoms with van der Waals surface area (Å²) in [5.74, 6) is 2.66. The molecule has 1 unspecified atom stereocenters. The second-order valence-electron chi connectivity index (χ2n) is 2.62. The van der Waals surface area contributed by atoms with Gasteiger partial charge in [-0.25, -0.2) is 0 Å². The first-order valence-electron chi connectivity index (χ1n) is 3.83. The Morgan fingerprint density at radius 2 is 2.42 bits per heavy atom. The molecule has 1 aromatic heterocycles. The molecule has 0 fully saturated rings. The predicted molar refractivity (Wildman–Crippen MR) is 49.6 cm³/mol. The molecule has 12 heavy (non-hydrogen) atoms. The van der Waals surface area contributed by atoms with Crippen LogP contribution in [0, 0.1) is 19.3 Å². The second-order valence-corrected chi connectivity index (χ2v) is 2.62. The highest BCUT2D eigenvalue weighted by Gasteiger charge is 2.06. The first-order chi connectivity index (χ1) is 5.79. The molecule has 0 aliphatic rings. The summed E-state index contributed by atoms with van der Waals surface area (Å²) in [5.41, 5.74) is 2.24. The lowest BCUT2D eigenvalue weighted by Gasteiger charge is -2.11. The van der Waals surface area contributed by atoms with Crippen molar-refractivity contribution in [3.63, 3.8) is 0 Å². The number of hydrogen-bond acceptors (Lipinski definition) is 2. The molecule has 0 saturated carbocycles. The van der Waals surface area contributed by atoms with E-state index in [1.54, 1.807) is 12.4 Å². The lowest BCUT2D eigenvalue weighted by atomic mass is 10.1. The van der Waals surface area contributed by atoms with Crippen LogP contribution in [0.15, 0.2) is 18.5 Å². The van der Waals surface area contributed by atoms with Gasteiger partial charge in [0, 0.05) is 18.0 Å². The highest BCUT2D eigenvalue weighted by Crippen LogP contribution is 2.14. The molecule has 0 aliphatic heterocycles. The third kappa shape index (κ3) is 1.63. The van der Waals surface area contributed by atoms with Gasteiger partial charge in [0.15, 0.2) is 0 Å². The fourth-order valence-corrected chi connectivity index (χ4v) is 1.11. The lowest BCUT2D eigenvalue weighted by Crippen LogP contribution is -2.15. The lowest BCUT2D eigenvalue weighted by molar-refractivity contribution is 0.728. The third-order valence-electron chi connectivity index (χ3n) is 1.85.